The number of nitrogens with zero attached hydrogens (tertiary/aromatic N) is 4. The van der Waals surface area contributed by atoms with E-state index in [-0.39, 0.29) is 11.6 Å². The number of carbonyl (C=O) groups is 1. The molecule has 0 amide bonds. The largest absolute Gasteiger partial charge is 0.284 e. The van der Waals surface area contributed by atoms with E-state index in [1.807, 2.05) is 72.1 Å². The molecule has 5 aromatic rings. The van der Waals surface area contributed by atoms with E-state index in [2.05, 4.69) is 10.1 Å². The van der Waals surface area contributed by atoms with Crippen molar-refractivity contribution in [3.05, 3.63) is 105 Å². The smallest absolute Gasteiger partial charge is 0.275 e. The summed E-state index contributed by atoms with van der Waals surface area (Å²) in [6.07, 6.45) is 0. The standard InChI is InChI=1S/C22H14N4O2S/c27-19-14-17(15-8-3-1-4-9-15)25-21(20(28)18-12-7-13-29-18)24-26(22(25)23-19)16-10-5-2-6-11-16/h1-14H. The molecule has 0 fully saturated rings. The predicted octanol–water partition coefficient (Wildman–Crippen LogP) is 3.84. The van der Waals surface area contributed by atoms with Crippen molar-refractivity contribution >= 4 is 22.9 Å². The van der Waals surface area contributed by atoms with Crippen molar-refractivity contribution in [3.63, 3.8) is 0 Å². The summed E-state index contributed by atoms with van der Waals surface area (Å²) < 4.78 is 3.19. The molecule has 2 aromatic carbocycles. The van der Waals surface area contributed by atoms with E-state index in [1.165, 1.54) is 22.1 Å². The molecular formula is C22H14N4O2S. The summed E-state index contributed by atoms with van der Waals surface area (Å²) in [6, 6.07) is 23.8. The fourth-order valence-electron chi connectivity index (χ4n) is 3.23. The van der Waals surface area contributed by atoms with Gasteiger partial charge in [-0.1, -0.05) is 54.6 Å². The Morgan fingerprint density at radius 1 is 0.897 bits per heavy atom. The van der Waals surface area contributed by atoms with Gasteiger partial charge in [-0.05, 0) is 29.1 Å². The van der Waals surface area contributed by atoms with E-state index in [0.29, 0.717) is 22.0 Å². The first-order chi connectivity index (χ1) is 14.2. The first kappa shape index (κ1) is 17.3. The molecule has 6 nitrogen and oxygen atoms in total. The molecule has 3 aromatic heterocycles. The van der Waals surface area contributed by atoms with E-state index in [4.69, 9.17) is 0 Å². The molecule has 29 heavy (non-hydrogen) atoms. The van der Waals surface area contributed by atoms with Crippen LogP contribution in [0.1, 0.15) is 15.5 Å². The van der Waals surface area contributed by atoms with E-state index in [9.17, 15) is 9.59 Å². The number of aromatic nitrogens is 4. The molecule has 0 atom stereocenters. The van der Waals surface area contributed by atoms with Gasteiger partial charge in [0, 0.05) is 6.07 Å². The zero-order valence-corrected chi connectivity index (χ0v) is 15.9. The van der Waals surface area contributed by atoms with Crippen LogP contribution in [0.3, 0.4) is 0 Å². The first-order valence-corrected chi connectivity index (χ1v) is 9.82. The highest BCUT2D eigenvalue weighted by atomic mass is 32.1. The van der Waals surface area contributed by atoms with Crippen molar-refractivity contribution in [3.8, 4) is 16.9 Å². The van der Waals surface area contributed by atoms with Crippen molar-refractivity contribution in [2.75, 3.05) is 0 Å². The average molecular weight is 398 g/mol. The monoisotopic (exact) mass is 398 g/mol. The van der Waals surface area contributed by atoms with Crippen LogP contribution in [0.5, 0.6) is 0 Å². The molecule has 3 heterocycles. The van der Waals surface area contributed by atoms with Crippen LogP contribution in [0.4, 0.5) is 0 Å². The molecule has 0 bridgehead atoms. The minimum absolute atomic E-state index is 0.206. The Morgan fingerprint density at radius 3 is 2.31 bits per heavy atom. The zero-order chi connectivity index (χ0) is 19.8. The molecule has 0 spiro atoms. The Kier molecular flexibility index (Phi) is 4.14. The number of fused-ring (bicyclic) bond motifs is 1. The van der Waals surface area contributed by atoms with Gasteiger partial charge < -0.3 is 0 Å². The zero-order valence-electron chi connectivity index (χ0n) is 15.1. The third kappa shape index (κ3) is 2.97. The Hall–Kier alpha value is -3.84. The van der Waals surface area contributed by atoms with E-state index in [1.54, 1.807) is 10.5 Å². The van der Waals surface area contributed by atoms with Crippen LogP contribution in [0.25, 0.3) is 22.7 Å². The molecular weight excluding hydrogens is 384 g/mol. The third-order valence-electron chi connectivity index (χ3n) is 4.53. The molecule has 5 rings (SSSR count). The molecule has 140 valence electrons. The van der Waals surface area contributed by atoms with Gasteiger partial charge in [-0.25, -0.2) is 0 Å². The lowest BCUT2D eigenvalue weighted by Crippen LogP contribution is -2.13. The highest BCUT2D eigenvalue weighted by Crippen LogP contribution is 2.24. The summed E-state index contributed by atoms with van der Waals surface area (Å²) in [6.45, 7) is 0. The second-order valence-electron chi connectivity index (χ2n) is 6.36. The molecule has 0 saturated carbocycles. The summed E-state index contributed by atoms with van der Waals surface area (Å²) in [5.74, 6) is 0.280. The van der Waals surface area contributed by atoms with Crippen LogP contribution in [0.15, 0.2) is 89.0 Å². The normalized spacial score (nSPS) is 11.0. The third-order valence-corrected chi connectivity index (χ3v) is 5.39. The maximum Gasteiger partial charge on any atom is 0.275 e. The van der Waals surface area contributed by atoms with Crippen LogP contribution in [0, 0.1) is 0 Å². The number of thiophene rings is 1. The number of benzene rings is 2. The van der Waals surface area contributed by atoms with Crippen LogP contribution >= 0.6 is 11.3 Å². The van der Waals surface area contributed by atoms with E-state index < -0.39 is 5.56 Å². The maximum absolute atomic E-state index is 13.2. The fourth-order valence-corrected chi connectivity index (χ4v) is 3.89. The summed E-state index contributed by atoms with van der Waals surface area (Å²) >= 11 is 1.35. The van der Waals surface area contributed by atoms with E-state index >= 15 is 0 Å². The Balaban J connectivity index is 1.88. The van der Waals surface area contributed by atoms with Crippen LogP contribution < -0.4 is 5.56 Å². The predicted molar refractivity (Wildman–Crippen MR) is 112 cm³/mol. The van der Waals surface area contributed by atoms with E-state index in [0.717, 1.165) is 5.56 Å². The van der Waals surface area contributed by atoms with Crippen molar-refractivity contribution in [2.24, 2.45) is 0 Å². The average Bonchev–Trinajstić information content (AvgIpc) is 3.42. The van der Waals surface area contributed by atoms with Gasteiger partial charge in [-0.15, -0.1) is 16.4 Å². The quantitative estimate of drug-likeness (QED) is 0.431. The lowest BCUT2D eigenvalue weighted by molar-refractivity contribution is 0.103. The minimum atomic E-state index is -0.393. The molecule has 7 heteroatoms. The van der Waals surface area contributed by atoms with Crippen molar-refractivity contribution in [1.29, 1.82) is 0 Å². The van der Waals surface area contributed by atoms with Crippen LogP contribution in [-0.4, -0.2) is 24.9 Å². The topological polar surface area (TPSA) is 69.3 Å². The van der Waals surface area contributed by atoms with Crippen LogP contribution in [0.2, 0.25) is 0 Å². The van der Waals surface area contributed by atoms with Gasteiger partial charge in [0.1, 0.15) is 0 Å². The van der Waals surface area contributed by atoms with Gasteiger partial charge in [0.2, 0.25) is 17.4 Å². The number of hydrogen-bond acceptors (Lipinski definition) is 5. The molecule has 0 unspecified atom stereocenters. The number of para-hydroxylation sites is 1. The van der Waals surface area contributed by atoms with Crippen molar-refractivity contribution in [1.82, 2.24) is 19.2 Å². The Labute approximate surface area is 169 Å². The second kappa shape index (κ2) is 6.96. The van der Waals surface area contributed by atoms with Crippen LogP contribution in [-0.2, 0) is 0 Å². The second-order valence-corrected chi connectivity index (χ2v) is 7.31. The first-order valence-electron chi connectivity index (χ1n) is 8.94. The molecule has 0 aliphatic carbocycles. The van der Waals surface area contributed by atoms with Gasteiger partial charge in [-0.2, -0.15) is 9.67 Å². The SMILES string of the molecule is O=C(c1cccs1)c1nn(-c2ccccc2)c2nc(=O)cc(-c3ccccc3)n12. The number of hydrogen-bond donors (Lipinski definition) is 0. The maximum atomic E-state index is 13.2. The highest BCUT2D eigenvalue weighted by molar-refractivity contribution is 7.12. The number of carbonyl (C=O) groups excluding carboxylic acids is 1. The number of ketones is 1. The van der Waals surface area contributed by atoms with Gasteiger partial charge in [0.05, 0.1) is 16.3 Å². The van der Waals surface area contributed by atoms with Crippen molar-refractivity contribution in [2.45, 2.75) is 0 Å². The van der Waals surface area contributed by atoms with Gasteiger partial charge >= 0.3 is 0 Å². The lowest BCUT2D eigenvalue weighted by Gasteiger charge is -2.07. The molecule has 0 radical (unpaired) electrons. The summed E-state index contributed by atoms with van der Waals surface area (Å²) in [5.41, 5.74) is 1.70. The molecule has 0 N–H and O–H groups in total. The fraction of sp³-hybridized carbons (Fsp3) is 0. The van der Waals surface area contributed by atoms with Gasteiger partial charge in [-0.3, -0.25) is 14.0 Å². The number of rotatable bonds is 4. The Morgan fingerprint density at radius 2 is 1.62 bits per heavy atom. The Bertz CT molecular complexity index is 1370. The van der Waals surface area contributed by atoms with Gasteiger partial charge in [0.25, 0.3) is 5.56 Å². The summed E-state index contributed by atoms with van der Waals surface area (Å²) in [5, 5.41) is 6.43. The summed E-state index contributed by atoms with van der Waals surface area (Å²) in [7, 11) is 0. The summed E-state index contributed by atoms with van der Waals surface area (Å²) in [4.78, 5) is 30.4. The van der Waals surface area contributed by atoms with Gasteiger partial charge in [0.15, 0.2) is 0 Å². The molecule has 0 saturated heterocycles. The molecule has 0 aliphatic heterocycles. The minimum Gasteiger partial charge on any atom is -0.284 e. The van der Waals surface area contributed by atoms with Crippen molar-refractivity contribution < 1.29 is 4.79 Å². The molecule has 0 aliphatic rings. The highest BCUT2D eigenvalue weighted by Gasteiger charge is 2.23. The lowest BCUT2D eigenvalue weighted by atomic mass is 10.1.